The van der Waals surface area contributed by atoms with Crippen molar-refractivity contribution in [2.75, 3.05) is 58.4 Å². The van der Waals surface area contributed by atoms with Gasteiger partial charge in [-0.05, 0) is 125 Å². The van der Waals surface area contributed by atoms with Crippen molar-refractivity contribution in [3.8, 4) is 5.75 Å². The van der Waals surface area contributed by atoms with E-state index in [1.165, 1.54) is 5.56 Å². The van der Waals surface area contributed by atoms with Crippen LogP contribution in [0.5, 0.6) is 5.75 Å². The van der Waals surface area contributed by atoms with Gasteiger partial charge in [-0.2, -0.15) is 0 Å². The van der Waals surface area contributed by atoms with Gasteiger partial charge >= 0.3 is 0 Å². The molecule has 2 bridgehead atoms. The molecule has 1 aliphatic carbocycles. The van der Waals surface area contributed by atoms with Crippen molar-refractivity contribution in [3.63, 3.8) is 0 Å². The van der Waals surface area contributed by atoms with E-state index in [2.05, 4.69) is 33.5 Å². The summed E-state index contributed by atoms with van der Waals surface area (Å²) < 4.78 is 49.2. The molecule has 4 heterocycles. The number of likely N-dealkylation sites (N-methyl/N-ethyl adjacent to an activating group) is 1. The van der Waals surface area contributed by atoms with Gasteiger partial charge in [0, 0.05) is 48.7 Å². The van der Waals surface area contributed by atoms with Crippen LogP contribution in [0.25, 0.3) is 0 Å². The highest BCUT2D eigenvalue weighted by molar-refractivity contribution is 7.90. The maximum absolute atomic E-state index is 13.6. The molecule has 7 rings (SSSR count). The van der Waals surface area contributed by atoms with Gasteiger partial charge < -0.3 is 24.0 Å². The van der Waals surface area contributed by atoms with E-state index in [0.29, 0.717) is 49.0 Å². The van der Waals surface area contributed by atoms with Gasteiger partial charge in [-0.3, -0.25) is 9.69 Å². The second-order valence-electron chi connectivity index (χ2n) is 16.3. The first-order valence-electron chi connectivity index (χ1n) is 19.5. The second-order valence-corrected chi connectivity index (χ2v) is 18.8. The number of rotatable bonds is 3. The molecule has 1 amide bonds. The minimum atomic E-state index is -3.91. The molecule has 5 atom stereocenters. The highest BCUT2D eigenvalue weighted by Crippen LogP contribution is 2.46. The van der Waals surface area contributed by atoms with Crippen LogP contribution in [-0.4, -0.2) is 101 Å². The number of hydrogen-bond acceptors (Lipinski definition) is 9. The highest BCUT2D eigenvalue weighted by atomic mass is 35.5. The van der Waals surface area contributed by atoms with E-state index in [4.69, 9.17) is 25.8 Å². The number of likely N-dealkylation sites (tertiary alicyclic amines) is 1. The van der Waals surface area contributed by atoms with Crippen LogP contribution in [0, 0.1) is 23.7 Å². The molecule has 0 aromatic heterocycles. The lowest BCUT2D eigenvalue weighted by atomic mass is 9.65. The summed E-state index contributed by atoms with van der Waals surface area (Å²) >= 11 is 6.40. The number of nitrogens with one attached hydrogen (secondary N) is 1. The largest absolute Gasteiger partial charge is 0.487 e. The fourth-order valence-electron chi connectivity index (χ4n) is 8.88. The van der Waals surface area contributed by atoms with Crippen molar-refractivity contribution in [2.24, 2.45) is 23.7 Å². The Balaban J connectivity index is 1.17. The standard InChI is InChI=1S/C40H57ClN4O6S/c1-26-8-7-10-36(40-50-24-34(25-51-40)45-21-33(22-45)43(3)4)35-15-12-30(35)20-44-17-6-5-9-28-18-32(41)14-11-31(28)23-49-38-16-13-29(19-37(38)44)39(46)42-52(47,48)27(26)2/h11,13-14,16,18-19,26-27,30,33-36,40H,5-10,12,15,17,20-25H2,1-4H3,(H,42,46)/t26-,27+,30-,34-,35+,36+,40-/m0/s1. The zero-order valence-electron chi connectivity index (χ0n) is 31.3. The predicted molar refractivity (Wildman–Crippen MR) is 204 cm³/mol. The number of nitrogens with zero attached hydrogens (tertiary/aromatic N) is 3. The van der Waals surface area contributed by atoms with Crippen molar-refractivity contribution >= 4 is 33.2 Å². The van der Waals surface area contributed by atoms with Gasteiger partial charge in [-0.25, -0.2) is 13.1 Å². The van der Waals surface area contributed by atoms with Gasteiger partial charge in [-0.15, -0.1) is 0 Å². The van der Waals surface area contributed by atoms with Crippen LogP contribution in [0.15, 0.2) is 36.4 Å². The molecule has 286 valence electrons. The smallest absolute Gasteiger partial charge is 0.264 e. The number of carbonyl (C=O) groups is 1. The lowest BCUT2D eigenvalue weighted by Crippen LogP contribution is -2.64. The van der Waals surface area contributed by atoms with E-state index in [-0.39, 0.29) is 24.2 Å². The van der Waals surface area contributed by atoms with Crippen LogP contribution in [0.3, 0.4) is 0 Å². The lowest BCUT2D eigenvalue weighted by Gasteiger charge is -2.51. The summed E-state index contributed by atoms with van der Waals surface area (Å²) in [6.45, 7) is 9.13. The third-order valence-corrected chi connectivity index (χ3v) is 15.0. The molecule has 10 nitrogen and oxygen atoms in total. The number of aryl methyl sites for hydroxylation is 1. The average molecular weight is 757 g/mol. The topological polar surface area (TPSA) is 101 Å². The van der Waals surface area contributed by atoms with E-state index >= 15 is 0 Å². The van der Waals surface area contributed by atoms with E-state index in [1.807, 2.05) is 37.3 Å². The summed E-state index contributed by atoms with van der Waals surface area (Å²) in [4.78, 5) is 20.7. The predicted octanol–water partition coefficient (Wildman–Crippen LogP) is 5.96. The van der Waals surface area contributed by atoms with E-state index < -0.39 is 21.2 Å². The number of halogens is 1. The van der Waals surface area contributed by atoms with Crippen LogP contribution < -0.4 is 14.4 Å². The van der Waals surface area contributed by atoms with Crippen LogP contribution in [0.2, 0.25) is 5.02 Å². The van der Waals surface area contributed by atoms with E-state index in [1.54, 1.807) is 13.0 Å². The molecular weight excluding hydrogens is 700 g/mol. The molecule has 5 aliphatic rings. The Morgan fingerprint density at radius 2 is 1.67 bits per heavy atom. The van der Waals surface area contributed by atoms with E-state index in [0.717, 1.165) is 93.8 Å². The number of sulfonamides is 1. The van der Waals surface area contributed by atoms with Crippen molar-refractivity contribution in [1.82, 2.24) is 14.5 Å². The molecule has 3 fully saturated rings. The number of carbonyl (C=O) groups excluding carboxylic acids is 1. The third kappa shape index (κ3) is 8.30. The Hall–Kier alpha value is -2.41. The first-order valence-corrected chi connectivity index (χ1v) is 21.4. The molecule has 0 unspecified atom stereocenters. The fraction of sp³-hybridized carbons (Fsp3) is 0.675. The molecule has 2 aromatic rings. The number of amides is 1. The normalized spacial score (nSPS) is 32.2. The van der Waals surface area contributed by atoms with Gasteiger partial charge in [0.05, 0.1) is 30.2 Å². The van der Waals surface area contributed by atoms with Crippen molar-refractivity contribution in [2.45, 2.75) is 95.4 Å². The zero-order valence-corrected chi connectivity index (χ0v) is 32.8. The van der Waals surface area contributed by atoms with Crippen molar-refractivity contribution in [3.05, 3.63) is 58.1 Å². The second kappa shape index (κ2) is 16.1. The van der Waals surface area contributed by atoms with Gasteiger partial charge in [0.15, 0.2) is 6.29 Å². The zero-order chi connectivity index (χ0) is 36.6. The van der Waals surface area contributed by atoms with Crippen LogP contribution >= 0.6 is 11.6 Å². The molecule has 0 spiro atoms. The summed E-state index contributed by atoms with van der Waals surface area (Å²) in [5.74, 6) is 1.03. The molecular formula is C40H57ClN4O6S. The highest BCUT2D eigenvalue weighted by Gasteiger charge is 2.45. The van der Waals surface area contributed by atoms with Crippen LogP contribution in [0.1, 0.15) is 80.3 Å². The number of hydrogen-bond donors (Lipinski definition) is 1. The summed E-state index contributed by atoms with van der Waals surface area (Å²) in [6.07, 6.45) is 7.36. The van der Waals surface area contributed by atoms with Crippen molar-refractivity contribution < 1.29 is 27.4 Å². The van der Waals surface area contributed by atoms with Crippen molar-refractivity contribution in [1.29, 1.82) is 0 Å². The van der Waals surface area contributed by atoms with Gasteiger partial charge in [0.25, 0.3) is 5.91 Å². The lowest BCUT2D eigenvalue weighted by molar-refractivity contribution is -0.248. The van der Waals surface area contributed by atoms with E-state index in [9.17, 15) is 13.2 Å². The Bertz CT molecular complexity index is 1680. The summed E-state index contributed by atoms with van der Waals surface area (Å²) in [5.41, 5.74) is 3.43. The first kappa shape index (κ1) is 37.9. The van der Waals surface area contributed by atoms with Crippen LogP contribution in [0.4, 0.5) is 5.69 Å². The molecule has 52 heavy (non-hydrogen) atoms. The molecule has 1 N–H and O–H groups in total. The summed E-state index contributed by atoms with van der Waals surface area (Å²) in [5, 5.41) is -0.00191. The molecule has 4 aliphatic heterocycles. The quantitative estimate of drug-likeness (QED) is 0.407. The number of benzene rings is 2. The number of fused-ring (bicyclic) bond motifs is 3. The third-order valence-electron chi connectivity index (χ3n) is 12.8. The van der Waals surface area contributed by atoms with Gasteiger partial charge in [0.1, 0.15) is 12.4 Å². The molecule has 1 saturated carbocycles. The Kier molecular flexibility index (Phi) is 11.8. The van der Waals surface area contributed by atoms with Crippen LogP contribution in [-0.2, 0) is 32.5 Å². The molecule has 12 heteroatoms. The fourth-order valence-corrected chi connectivity index (χ4v) is 10.4. The monoisotopic (exact) mass is 756 g/mol. The maximum atomic E-state index is 13.6. The molecule has 2 aromatic carbocycles. The Morgan fingerprint density at radius 1 is 0.885 bits per heavy atom. The summed E-state index contributed by atoms with van der Waals surface area (Å²) in [6, 6.07) is 12.2. The average Bonchev–Trinajstić information content (AvgIpc) is 3.11. The van der Waals surface area contributed by atoms with Gasteiger partial charge in [-0.1, -0.05) is 31.0 Å². The molecule has 2 saturated heterocycles. The first-order chi connectivity index (χ1) is 25.0. The Morgan fingerprint density at radius 3 is 2.40 bits per heavy atom. The molecule has 0 radical (unpaired) electrons. The minimum Gasteiger partial charge on any atom is -0.487 e. The van der Waals surface area contributed by atoms with Gasteiger partial charge in [0.2, 0.25) is 10.0 Å². The number of anilines is 1. The Labute approximate surface area is 315 Å². The minimum absolute atomic E-state index is 0.126. The maximum Gasteiger partial charge on any atom is 0.264 e. The SMILES string of the molecule is C[C@@H]1[C@@H](C)CCC[C@@H]([C@H]2OC[C@H](N3CC(N(C)C)C3)CO2)[C@@H]2CC[C@H]2CN2CCCCc3cc(Cl)ccc3COc3ccc(cc32)C(=O)NS1(=O)=O. The number of ether oxygens (including phenoxy) is 3. The summed E-state index contributed by atoms with van der Waals surface area (Å²) in [7, 11) is 0.371.